The summed E-state index contributed by atoms with van der Waals surface area (Å²) in [6, 6.07) is 0. The Hall–Kier alpha value is -1.05. The Bertz CT molecular complexity index is 216. The van der Waals surface area contributed by atoms with E-state index in [0.717, 1.165) is 25.8 Å². The average molecular weight is 165 g/mol. The number of allylic oxidation sites excluding steroid dienone is 3. The van der Waals surface area contributed by atoms with Crippen LogP contribution in [-0.2, 0) is 4.79 Å². The molecule has 0 radical (unpaired) electrons. The highest BCUT2D eigenvalue weighted by molar-refractivity contribution is 5.72. The lowest BCUT2D eigenvalue weighted by Crippen LogP contribution is -2.21. The minimum Gasteiger partial charge on any atom is -0.356 e. The fourth-order valence-electron chi connectivity index (χ4n) is 1.24. The summed E-state index contributed by atoms with van der Waals surface area (Å²) in [5.74, 6) is 0.0513. The molecular weight excluding hydrogens is 150 g/mol. The molecule has 1 rings (SSSR count). The van der Waals surface area contributed by atoms with Crippen LogP contribution in [0.2, 0.25) is 0 Å². The van der Waals surface area contributed by atoms with Gasteiger partial charge in [-0.15, -0.1) is 0 Å². The molecule has 1 aliphatic rings. The van der Waals surface area contributed by atoms with E-state index in [2.05, 4.69) is 23.5 Å². The summed E-state index contributed by atoms with van der Waals surface area (Å²) in [6.07, 6.45) is 9.82. The number of nitrogens with one attached hydrogen (secondary N) is 1. The summed E-state index contributed by atoms with van der Waals surface area (Å²) in [4.78, 5) is 10.5. The van der Waals surface area contributed by atoms with Gasteiger partial charge in [0.1, 0.15) is 0 Å². The van der Waals surface area contributed by atoms with Crippen LogP contribution in [0.5, 0.6) is 0 Å². The summed E-state index contributed by atoms with van der Waals surface area (Å²) in [5, 5.41) is 2.78. The van der Waals surface area contributed by atoms with Gasteiger partial charge in [0.25, 0.3) is 0 Å². The predicted octanol–water partition coefficient (Wildman–Crippen LogP) is 1.79. The van der Waals surface area contributed by atoms with Gasteiger partial charge in [0, 0.05) is 13.5 Å². The van der Waals surface area contributed by atoms with E-state index in [9.17, 15) is 4.79 Å². The van der Waals surface area contributed by atoms with Crippen molar-refractivity contribution >= 4 is 5.91 Å². The number of carbonyl (C=O) groups excluding carboxylic acids is 1. The van der Waals surface area contributed by atoms with Gasteiger partial charge in [-0.05, 0) is 19.3 Å². The summed E-state index contributed by atoms with van der Waals surface area (Å²) in [6.45, 7) is 2.30. The summed E-state index contributed by atoms with van der Waals surface area (Å²) >= 11 is 0. The molecule has 66 valence electrons. The van der Waals surface area contributed by atoms with E-state index in [-0.39, 0.29) is 5.91 Å². The van der Waals surface area contributed by atoms with E-state index in [1.807, 2.05) is 0 Å². The molecule has 0 aliphatic heterocycles. The largest absolute Gasteiger partial charge is 0.356 e. The van der Waals surface area contributed by atoms with Crippen LogP contribution in [0, 0.1) is 0 Å². The van der Waals surface area contributed by atoms with Crippen LogP contribution in [0.25, 0.3) is 0 Å². The molecule has 0 unspecified atom stereocenters. The maximum absolute atomic E-state index is 10.5. The minimum absolute atomic E-state index is 0.0513. The van der Waals surface area contributed by atoms with Crippen LogP contribution < -0.4 is 5.32 Å². The fraction of sp³-hybridized carbons (Fsp3) is 0.500. The van der Waals surface area contributed by atoms with Crippen molar-refractivity contribution in [2.45, 2.75) is 26.2 Å². The summed E-state index contributed by atoms with van der Waals surface area (Å²) in [5.41, 5.74) is 1.34. The van der Waals surface area contributed by atoms with Crippen molar-refractivity contribution < 1.29 is 4.79 Å². The van der Waals surface area contributed by atoms with Crippen LogP contribution in [0.15, 0.2) is 23.8 Å². The second kappa shape index (κ2) is 4.75. The lowest BCUT2D eigenvalue weighted by atomic mass is 10.0. The molecule has 0 spiro atoms. The van der Waals surface area contributed by atoms with Gasteiger partial charge < -0.3 is 5.32 Å². The molecule has 2 nitrogen and oxygen atoms in total. The standard InChI is InChI=1S/C10H15NO/c1-9(12)11-8-7-10-5-3-2-4-6-10/h3,5-6H,2,4,7-8H2,1H3,(H,11,12). The molecule has 1 aliphatic carbocycles. The number of carbonyl (C=O) groups is 1. The third-order valence-corrected chi connectivity index (χ3v) is 1.86. The lowest BCUT2D eigenvalue weighted by Gasteiger charge is -2.06. The maximum Gasteiger partial charge on any atom is 0.216 e. The lowest BCUT2D eigenvalue weighted by molar-refractivity contribution is -0.118. The van der Waals surface area contributed by atoms with E-state index in [0.29, 0.717) is 0 Å². The highest BCUT2D eigenvalue weighted by Gasteiger charge is 1.97. The van der Waals surface area contributed by atoms with Crippen molar-refractivity contribution in [3.05, 3.63) is 23.8 Å². The molecule has 0 saturated carbocycles. The van der Waals surface area contributed by atoms with Crippen LogP contribution in [-0.4, -0.2) is 12.5 Å². The quantitative estimate of drug-likeness (QED) is 0.678. The Morgan fingerprint density at radius 2 is 2.42 bits per heavy atom. The Morgan fingerprint density at radius 3 is 3.00 bits per heavy atom. The first-order valence-electron chi connectivity index (χ1n) is 4.39. The van der Waals surface area contributed by atoms with Gasteiger partial charge >= 0.3 is 0 Å². The summed E-state index contributed by atoms with van der Waals surface area (Å²) < 4.78 is 0. The molecule has 12 heavy (non-hydrogen) atoms. The fourth-order valence-corrected chi connectivity index (χ4v) is 1.24. The van der Waals surface area contributed by atoms with Crippen molar-refractivity contribution in [3.8, 4) is 0 Å². The minimum atomic E-state index is 0.0513. The monoisotopic (exact) mass is 165 g/mol. The third kappa shape index (κ3) is 3.37. The first-order chi connectivity index (χ1) is 5.79. The van der Waals surface area contributed by atoms with Crippen LogP contribution in [0.3, 0.4) is 0 Å². The second-order valence-corrected chi connectivity index (χ2v) is 2.99. The Kier molecular flexibility index (Phi) is 3.58. The Balaban J connectivity index is 2.18. The second-order valence-electron chi connectivity index (χ2n) is 2.99. The van der Waals surface area contributed by atoms with E-state index < -0.39 is 0 Å². The van der Waals surface area contributed by atoms with Gasteiger partial charge in [-0.2, -0.15) is 0 Å². The predicted molar refractivity (Wildman–Crippen MR) is 49.8 cm³/mol. The molecule has 0 aromatic carbocycles. The van der Waals surface area contributed by atoms with Gasteiger partial charge in [-0.3, -0.25) is 4.79 Å². The van der Waals surface area contributed by atoms with Crippen molar-refractivity contribution in [1.29, 1.82) is 0 Å². The molecule has 0 atom stereocenters. The summed E-state index contributed by atoms with van der Waals surface area (Å²) in [7, 11) is 0. The van der Waals surface area contributed by atoms with Crippen molar-refractivity contribution in [1.82, 2.24) is 5.32 Å². The topological polar surface area (TPSA) is 29.1 Å². The number of rotatable bonds is 3. The van der Waals surface area contributed by atoms with E-state index in [1.54, 1.807) is 6.92 Å². The third-order valence-electron chi connectivity index (χ3n) is 1.86. The molecule has 2 heteroatoms. The smallest absolute Gasteiger partial charge is 0.216 e. The molecule has 1 amide bonds. The molecular formula is C10H15NO. The van der Waals surface area contributed by atoms with Crippen molar-refractivity contribution in [2.75, 3.05) is 6.54 Å². The molecule has 0 fully saturated rings. The molecule has 1 N–H and O–H groups in total. The maximum atomic E-state index is 10.5. The first-order valence-corrected chi connectivity index (χ1v) is 4.39. The average Bonchev–Trinajstić information content (AvgIpc) is 2.05. The van der Waals surface area contributed by atoms with Gasteiger partial charge in [0.2, 0.25) is 5.91 Å². The zero-order chi connectivity index (χ0) is 8.81. The number of hydrogen-bond acceptors (Lipinski definition) is 1. The Morgan fingerprint density at radius 1 is 1.58 bits per heavy atom. The molecule has 0 aromatic rings. The normalized spacial score (nSPS) is 15.6. The van der Waals surface area contributed by atoms with Gasteiger partial charge in [-0.25, -0.2) is 0 Å². The number of hydrogen-bond donors (Lipinski definition) is 1. The van der Waals surface area contributed by atoms with E-state index >= 15 is 0 Å². The SMILES string of the molecule is CC(=O)NCCC1=CCCC=C1. The highest BCUT2D eigenvalue weighted by Crippen LogP contribution is 2.11. The highest BCUT2D eigenvalue weighted by atomic mass is 16.1. The van der Waals surface area contributed by atoms with Crippen molar-refractivity contribution in [2.24, 2.45) is 0 Å². The van der Waals surface area contributed by atoms with Crippen molar-refractivity contribution in [3.63, 3.8) is 0 Å². The van der Waals surface area contributed by atoms with Gasteiger partial charge in [0.05, 0.1) is 0 Å². The van der Waals surface area contributed by atoms with Gasteiger partial charge in [0.15, 0.2) is 0 Å². The molecule has 0 aromatic heterocycles. The number of amides is 1. The molecule has 0 heterocycles. The Labute approximate surface area is 73.4 Å². The van der Waals surface area contributed by atoms with Gasteiger partial charge in [-0.1, -0.05) is 23.8 Å². The molecule has 0 bridgehead atoms. The van der Waals surface area contributed by atoms with E-state index in [1.165, 1.54) is 5.57 Å². The van der Waals surface area contributed by atoms with Crippen LogP contribution in [0.1, 0.15) is 26.2 Å². The van der Waals surface area contributed by atoms with Crippen LogP contribution >= 0.6 is 0 Å². The zero-order valence-electron chi connectivity index (χ0n) is 7.47. The first kappa shape index (κ1) is 9.04. The zero-order valence-corrected chi connectivity index (χ0v) is 7.47. The molecule has 0 saturated heterocycles. The van der Waals surface area contributed by atoms with Crippen LogP contribution in [0.4, 0.5) is 0 Å². The van der Waals surface area contributed by atoms with E-state index in [4.69, 9.17) is 0 Å².